The Morgan fingerprint density at radius 2 is 1.69 bits per heavy atom. The maximum Gasteiger partial charge on any atom is 0.339 e. The summed E-state index contributed by atoms with van der Waals surface area (Å²) in [5, 5.41) is 11.0. The van der Waals surface area contributed by atoms with Crippen LogP contribution in [0.15, 0.2) is 85.2 Å². The van der Waals surface area contributed by atoms with Gasteiger partial charge >= 0.3 is 12.0 Å². The molecule has 0 aliphatic carbocycles. The first kappa shape index (κ1) is 29.9. The van der Waals surface area contributed by atoms with Crippen LogP contribution in [0.4, 0.5) is 16.4 Å². The Labute approximate surface area is 261 Å². The number of carbonyl (C=O) groups is 3. The number of methoxy groups -OCH3 is 1. The molecular formula is C34H34N6O5. The summed E-state index contributed by atoms with van der Waals surface area (Å²) in [6.07, 6.45) is 3.25. The van der Waals surface area contributed by atoms with E-state index in [4.69, 9.17) is 4.74 Å². The van der Waals surface area contributed by atoms with Gasteiger partial charge in [-0.1, -0.05) is 55.5 Å². The predicted molar refractivity (Wildman–Crippen MR) is 168 cm³/mol. The fraction of sp³-hybridized carbons (Fsp3) is 0.294. The smallest absolute Gasteiger partial charge is 0.339 e. The van der Waals surface area contributed by atoms with Crippen molar-refractivity contribution in [3.63, 3.8) is 0 Å². The highest BCUT2D eigenvalue weighted by Crippen LogP contribution is 2.52. The summed E-state index contributed by atoms with van der Waals surface area (Å²) >= 11 is 0. The van der Waals surface area contributed by atoms with Crippen LogP contribution >= 0.6 is 0 Å². The zero-order chi connectivity index (χ0) is 31.8. The number of aliphatic carboxylic acids is 1. The van der Waals surface area contributed by atoms with Crippen molar-refractivity contribution in [2.24, 2.45) is 5.41 Å². The molecule has 2 unspecified atom stereocenters. The lowest BCUT2D eigenvalue weighted by molar-refractivity contribution is -0.163. The van der Waals surface area contributed by atoms with Gasteiger partial charge in [0.15, 0.2) is 5.54 Å². The van der Waals surface area contributed by atoms with E-state index in [1.54, 1.807) is 25.3 Å². The zero-order valence-electron chi connectivity index (χ0n) is 25.4. The molecule has 2 aromatic heterocycles. The lowest BCUT2D eigenvalue weighted by Gasteiger charge is -2.52. The maximum atomic E-state index is 14.9. The van der Waals surface area contributed by atoms with Gasteiger partial charge in [-0.3, -0.25) is 19.5 Å². The van der Waals surface area contributed by atoms with Gasteiger partial charge in [-0.2, -0.15) is 4.98 Å². The molecule has 2 aliphatic rings. The van der Waals surface area contributed by atoms with E-state index in [0.29, 0.717) is 18.8 Å². The molecule has 2 saturated heterocycles. The van der Waals surface area contributed by atoms with Crippen molar-refractivity contribution in [3.05, 3.63) is 96.4 Å². The number of ether oxygens (including phenoxy) is 1. The normalized spacial score (nSPS) is 21.8. The Bertz CT molecular complexity index is 1750. The number of aromatic nitrogens is 3. The third-order valence-electron chi connectivity index (χ3n) is 9.16. The van der Waals surface area contributed by atoms with Crippen LogP contribution in [0.2, 0.25) is 0 Å². The number of benzene rings is 2. The summed E-state index contributed by atoms with van der Waals surface area (Å²) in [5.41, 5.74) is 0.516. The molecule has 11 heteroatoms. The first-order chi connectivity index (χ1) is 21.8. The average Bonchev–Trinajstić information content (AvgIpc) is 3.29. The number of carboxylic acids is 1. The number of amides is 3. The van der Waals surface area contributed by atoms with E-state index in [9.17, 15) is 19.5 Å². The number of imide groups is 1. The summed E-state index contributed by atoms with van der Waals surface area (Å²) in [5.74, 6) is -1.71. The van der Waals surface area contributed by atoms with Crippen LogP contribution in [0.5, 0.6) is 5.88 Å². The van der Waals surface area contributed by atoms with Crippen LogP contribution in [0.3, 0.4) is 0 Å². The van der Waals surface area contributed by atoms with Crippen molar-refractivity contribution in [2.75, 3.05) is 30.0 Å². The Kier molecular flexibility index (Phi) is 7.80. The van der Waals surface area contributed by atoms with E-state index in [1.807, 2.05) is 66.4 Å². The third-order valence-corrected chi connectivity index (χ3v) is 9.16. The number of nitrogens with zero attached hydrogens (tertiary/aromatic N) is 6. The van der Waals surface area contributed by atoms with Crippen molar-refractivity contribution < 1.29 is 24.2 Å². The molecular weight excluding hydrogens is 572 g/mol. The third kappa shape index (κ3) is 4.80. The molecule has 4 heterocycles. The summed E-state index contributed by atoms with van der Waals surface area (Å²) < 4.78 is 5.32. The quantitative estimate of drug-likeness (QED) is 0.277. The van der Waals surface area contributed by atoms with Crippen molar-refractivity contribution in [3.8, 4) is 17.0 Å². The van der Waals surface area contributed by atoms with Gasteiger partial charge in [0.1, 0.15) is 5.41 Å². The van der Waals surface area contributed by atoms with Gasteiger partial charge in [0.05, 0.1) is 18.5 Å². The fourth-order valence-corrected chi connectivity index (χ4v) is 6.72. The van der Waals surface area contributed by atoms with E-state index in [-0.39, 0.29) is 31.2 Å². The molecule has 230 valence electrons. The minimum absolute atomic E-state index is 0.00905. The number of carboxylic acid groups (broad SMARTS) is 1. The lowest BCUT2D eigenvalue weighted by atomic mass is 9.62. The van der Waals surface area contributed by atoms with Gasteiger partial charge in [0.25, 0.3) is 5.91 Å². The van der Waals surface area contributed by atoms with E-state index >= 15 is 0 Å². The number of anilines is 2. The molecule has 2 atom stereocenters. The number of piperidine rings is 1. The van der Waals surface area contributed by atoms with Crippen LogP contribution < -0.4 is 14.5 Å². The summed E-state index contributed by atoms with van der Waals surface area (Å²) in [7, 11) is 1.44. The van der Waals surface area contributed by atoms with E-state index in [2.05, 4.69) is 15.0 Å². The summed E-state index contributed by atoms with van der Waals surface area (Å²) in [6.45, 7) is 4.45. The van der Waals surface area contributed by atoms with Gasteiger partial charge in [0, 0.05) is 38.1 Å². The molecule has 4 aromatic rings. The first-order valence-corrected chi connectivity index (χ1v) is 14.8. The van der Waals surface area contributed by atoms with E-state index in [0.717, 1.165) is 27.3 Å². The average molecular weight is 607 g/mol. The second-order valence-electron chi connectivity index (χ2n) is 11.4. The highest BCUT2D eigenvalue weighted by molar-refractivity contribution is 6.31. The van der Waals surface area contributed by atoms with Gasteiger partial charge in [-0.05, 0) is 54.7 Å². The van der Waals surface area contributed by atoms with Crippen LogP contribution in [0.1, 0.15) is 31.0 Å². The van der Waals surface area contributed by atoms with Crippen LogP contribution in [-0.4, -0.2) is 68.6 Å². The van der Waals surface area contributed by atoms with Crippen molar-refractivity contribution in [1.82, 2.24) is 19.9 Å². The van der Waals surface area contributed by atoms with Crippen molar-refractivity contribution >= 4 is 29.5 Å². The maximum absolute atomic E-state index is 14.9. The van der Waals surface area contributed by atoms with Crippen molar-refractivity contribution in [2.45, 2.75) is 38.8 Å². The molecule has 1 N–H and O–H groups in total. The summed E-state index contributed by atoms with van der Waals surface area (Å²) in [6, 6.07) is 21.5. The molecule has 1 spiro atoms. The number of rotatable bonds is 8. The number of hydrogen-bond acceptors (Lipinski definition) is 8. The topological polar surface area (TPSA) is 129 Å². The van der Waals surface area contributed by atoms with Gasteiger partial charge in [-0.25, -0.2) is 19.6 Å². The molecule has 2 aliphatic heterocycles. The number of likely N-dealkylation sites (tertiary alicyclic amines) is 1. The SMILES string of the molecule is CCC1(C(=O)O)CN(Cc2ncccc2C)CCC12C(=O)N(c1ccc(-c3ccccc3)cc1)C(=O)N2c1nccc(OC)n1. The number of carbonyl (C=O) groups excluding carboxylic acids is 2. The fourth-order valence-electron chi connectivity index (χ4n) is 6.72. The molecule has 11 nitrogen and oxygen atoms in total. The Balaban J connectivity index is 1.47. The second-order valence-corrected chi connectivity index (χ2v) is 11.4. The Hall–Kier alpha value is -5.16. The van der Waals surface area contributed by atoms with Crippen molar-refractivity contribution in [1.29, 1.82) is 0 Å². The summed E-state index contributed by atoms with van der Waals surface area (Å²) in [4.78, 5) is 60.4. The first-order valence-electron chi connectivity index (χ1n) is 14.8. The van der Waals surface area contributed by atoms with Gasteiger partial charge in [-0.15, -0.1) is 0 Å². The molecule has 2 fully saturated rings. The molecule has 0 saturated carbocycles. The van der Waals surface area contributed by atoms with Gasteiger partial charge < -0.3 is 9.84 Å². The second kappa shape index (κ2) is 11.7. The largest absolute Gasteiger partial charge is 0.481 e. The molecule has 6 rings (SSSR count). The lowest BCUT2D eigenvalue weighted by Crippen LogP contribution is -2.71. The van der Waals surface area contributed by atoms with E-state index < -0.39 is 28.9 Å². The molecule has 3 amide bonds. The molecule has 0 radical (unpaired) electrons. The number of hydrogen-bond donors (Lipinski definition) is 1. The van der Waals surface area contributed by atoms with Crippen LogP contribution in [0, 0.1) is 12.3 Å². The minimum atomic E-state index is -1.81. The predicted octanol–water partition coefficient (Wildman–Crippen LogP) is 4.95. The highest BCUT2D eigenvalue weighted by atomic mass is 16.5. The molecule has 2 aromatic carbocycles. The monoisotopic (exact) mass is 606 g/mol. The highest BCUT2D eigenvalue weighted by Gasteiger charge is 2.73. The number of pyridine rings is 1. The minimum Gasteiger partial charge on any atom is -0.481 e. The standard InChI is InChI=1S/C34H34N6O5/c1-4-33(30(42)43)22-38(21-27-23(2)9-8-18-35-27)20-17-34(33)29(41)39(32(44)40(34)31-36-19-16-28(37-31)45-3)26-14-12-25(13-15-26)24-10-6-5-7-11-24/h5-16,18-19H,4,17,20-22H2,1-3H3,(H,42,43). The molecule has 0 bridgehead atoms. The van der Waals surface area contributed by atoms with Crippen LogP contribution in [0.25, 0.3) is 11.1 Å². The van der Waals surface area contributed by atoms with E-state index in [1.165, 1.54) is 24.3 Å². The number of urea groups is 1. The van der Waals surface area contributed by atoms with Crippen LogP contribution in [-0.2, 0) is 16.1 Å². The Morgan fingerprint density at radius 3 is 2.36 bits per heavy atom. The zero-order valence-corrected chi connectivity index (χ0v) is 25.4. The molecule has 45 heavy (non-hydrogen) atoms. The number of aryl methyl sites for hydroxylation is 1. The Morgan fingerprint density at radius 1 is 0.956 bits per heavy atom. The van der Waals surface area contributed by atoms with Gasteiger partial charge in [0.2, 0.25) is 11.8 Å².